The van der Waals surface area contributed by atoms with Crippen molar-refractivity contribution in [1.29, 1.82) is 0 Å². The van der Waals surface area contributed by atoms with Gasteiger partial charge >= 0.3 is 0 Å². The molecule has 0 unspecified atom stereocenters. The Balaban J connectivity index is 2.07. The summed E-state index contributed by atoms with van der Waals surface area (Å²) in [5.41, 5.74) is 0. The van der Waals surface area contributed by atoms with E-state index in [4.69, 9.17) is 9.47 Å². The fourth-order valence-electron chi connectivity index (χ4n) is 2.93. The van der Waals surface area contributed by atoms with Crippen LogP contribution in [0.25, 0.3) is 0 Å². The third-order valence-corrected chi connectivity index (χ3v) is 6.41. The van der Waals surface area contributed by atoms with Gasteiger partial charge in [-0.15, -0.1) is 0 Å². The molecular formula is C18H29N3O5S. The standard InChI is InChI=1S/C18H29N3O5S/c1-25-15-3-11-21(12-8-18(22)20-13-9-19-10-14-20)27(23,24)17-6-4-16(26-2)5-7-17/h4-7,19H,3,8-15H2,1-2H3. The van der Waals surface area contributed by atoms with Crippen LogP contribution in [0.5, 0.6) is 5.75 Å². The molecule has 1 heterocycles. The number of hydrogen-bond acceptors (Lipinski definition) is 6. The number of amides is 1. The lowest BCUT2D eigenvalue weighted by Crippen LogP contribution is -2.47. The molecule has 0 bridgehead atoms. The predicted octanol–water partition coefficient (Wildman–Crippen LogP) is 0.544. The van der Waals surface area contributed by atoms with Crippen molar-refractivity contribution in [1.82, 2.24) is 14.5 Å². The second-order valence-corrected chi connectivity index (χ2v) is 8.24. The molecular weight excluding hydrogens is 370 g/mol. The van der Waals surface area contributed by atoms with Gasteiger partial charge in [0, 0.05) is 59.4 Å². The fourth-order valence-corrected chi connectivity index (χ4v) is 4.41. The van der Waals surface area contributed by atoms with Crippen molar-refractivity contribution in [2.75, 3.05) is 60.1 Å². The molecule has 9 heteroatoms. The fraction of sp³-hybridized carbons (Fsp3) is 0.611. The van der Waals surface area contributed by atoms with Crippen molar-refractivity contribution in [3.63, 3.8) is 0 Å². The SMILES string of the molecule is COCCCN(CCC(=O)N1CCNCC1)S(=O)(=O)c1ccc(OC)cc1. The van der Waals surface area contributed by atoms with Crippen LogP contribution in [-0.2, 0) is 19.6 Å². The highest BCUT2D eigenvalue weighted by atomic mass is 32.2. The molecule has 1 aromatic rings. The number of nitrogens with zero attached hydrogens (tertiary/aromatic N) is 2. The van der Waals surface area contributed by atoms with Crippen molar-refractivity contribution in [2.24, 2.45) is 0 Å². The van der Waals surface area contributed by atoms with Gasteiger partial charge in [-0.3, -0.25) is 4.79 Å². The number of hydrogen-bond donors (Lipinski definition) is 1. The van der Waals surface area contributed by atoms with Gasteiger partial charge in [-0.2, -0.15) is 4.31 Å². The second-order valence-electron chi connectivity index (χ2n) is 6.31. The Kier molecular flexibility index (Phi) is 8.49. The average Bonchev–Trinajstić information content (AvgIpc) is 2.70. The van der Waals surface area contributed by atoms with Gasteiger partial charge in [0.05, 0.1) is 12.0 Å². The van der Waals surface area contributed by atoms with Crippen molar-refractivity contribution < 1.29 is 22.7 Å². The quantitative estimate of drug-likeness (QED) is 0.578. The summed E-state index contributed by atoms with van der Waals surface area (Å²) in [6.07, 6.45) is 0.732. The van der Waals surface area contributed by atoms with Gasteiger partial charge in [0.25, 0.3) is 0 Å². The number of nitrogens with one attached hydrogen (secondary N) is 1. The molecule has 1 amide bonds. The van der Waals surface area contributed by atoms with Gasteiger partial charge in [-0.1, -0.05) is 0 Å². The van der Waals surface area contributed by atoms with Gasteiger partial charge in [-0.05, 0) is 30.7 Å². The predicted molar refractivity (Wildman–Crippen MR) is 102 cm³/mol. The number of benzene rings is 1. The first-order chi connectivity index (χ1) is 13.0. The Bertz CT molecular complexity index is 687. The highest BCUT2D eigenvalue weighted by Gasteiger charge is 2.26. The first kappa shape index (κ1) is 21.6. The average molecular weight is 400 g/mol. The number of ether oxygens (including phenoxy) is 2. The topological polar surface area (TPSA) is 88.2 Å². The molecule has 1 aromatic carbocycles. The maximum Gasteiger partial charge on any atom is 0.243 e. The summed E-state index contributed by atoms with van der Waals surface area (Å²) in [5, 5.41) is 3.20. The van der Waals surface area contributed by atoms with E-state index in [1.54, 1.807) is 24.1 Å². The highest BCUT2D eigenvalue weighted by molar-refractivity contribution is 7.89. The van der Waals surface area contributed by atoms with Crippen LogP contribution in [0.15, 0.2) is 29.2 Å². The molecule has 0 radical (unpaired) electrons. The van der Waals surface area contributed by atoms with E-state index in [1.165, 1.54) is 23.5 Å². The number of carbonyl (C=O) groups is 1. The summed E-state index contributed by atoms with van der Waals surface area (Å²) in [6, 6.07) is 6.28. The zero-order chi connectivity index (χ0) is 19.7. The van der Waals surface area contributed by atoms with Gasteiger partial charge in [-0.25, -0.2) is 8.42 Å². The number of sulfonamides is 1. The normalized spacial score (nSPS) is 15.1. The molecule has 1 aliphatic heterocycles. The van der Waals surface area contributed by atoms with Crippen molar-refractivity contribution in [3.8, 4) is 5.75 Å². The molecule has 0 saturated carbocycles. The molecule has 1 saturated heterocycles. The molecule has 2 rings (SSSR count). The number of methoxy groups -OCH3 is 2. The first-order valence-electron chi connectivity index (χ1n) is 9.10. The van der Waals surface area contributed by atoms with Crippen molar-refractivity contribution >= 4 is 15.9 Å². The summed E-state index contributed by atoms with van der Waals surface area (Å²) in [7, 11) is -0.584. The van der Waals surface area contributed by atoms with Gasteiger partial charge in [0.2, 0.25) is 15.9 Å². The van der Waals surface area contributed by atoms with Gasteiger partial charge in [0.1, 0.15) is 5.75 Å². The summed E-state index contributed by atoms with van der Waals surface area (Å²) in [6.45, 7) is 3.78. The zero-order valence-electron chi connectivity index (χ0n) is 16.0. The summed E-state index contributed by atoms with van der Waals surface area (Å²) >= 11 is 0. The van der Waals surface area contributed by atoms with E-state index < -0.39 is 10.0 Å². The van der Waals surface area contributed by atoms with Crippen molar-refractivity contribution in [3.05, 3.63) is 24.3 Å². The van der Waals surface area contributed by atoms with Crippen LogP contribution in [0.4, 0.5) is 0 Å². The molecule has 1 aliphatic rings. The van der Waals surface area contributed by atoms with Gasteiger partial charge < -0.3 is 19.7 Å². The molecule has 0 atom stereocenters. The van der Waals surface area contributed by atoms with Crippen LogP contribution < -0.4 is 10.1 Å². The summed E-state index contributed by atoms with van der Waals surface area (Å²) < 4.78 is 37.5. The van der Waals surface area contributed by atoms with Gasteiger partial charge in [0.15, 0.2) is 0 Å². The molecule has 1 fully saturated rings. The Labute approximate surface area is 161 Å². The summed E-state index contributed by atoms with van der Waals surface area (Å²) in [5.74, 6) is 0.576. The minimum Gasteiger partial charge on any atom is -0.497 e. The third-order valence-electron chi connectivity index (χ3n) is 4.50. The lowest BCUT2D eigenvalue weighted by molar-refractivity contribution is -0.131. The molecule has 0 aliphatic carbocycles. The van der Waals surface area contributed by atoms with Crippen LogP contribution in [0, 0.1) is 0 Å². The maximum atomic E-state index is 13.0. The Morgan fingerprint density at radius 1 is 1.15 bits per heavy atom. The second kappa shape index (κ2) is 10.6. The molecule has 1 N–H and O–H groups in total. The van der Waals surface area contributed by atoms with Crippen LogP contribution in [0.3, 0.4) is 0 Å². The Hall–Kier alpha value is -1.68. The lowest BCUT2D eigenvalue weighted by atomic mass is 10.3. The van der Waals surface area contributed by atoms with E-state index in [0.29, 0.717) is 38.4 Å². The lowest BCUT2D eigenvalue weighted by Gasteiger charge is -2.29. The third kappa shape index (κ3) is 6.17. The zero-order valence-corrected chi connectivity index (χ0v) is 16.8. The van der Waals surface area contributed by atoms with E-state index in [0.717, 1.165) is 13.1 Å². The van der Waals surface area contributed by atoms with Crippen LogP contribution in [0.2, 0.25) is 0 Å². The van der Waals surface area contributed by atoms with Crippen LogP contribution >= 0.6 is 0 Å². The summed E-state index contributed by atoms with van der Waals surface area (Å²) in [4.78, 5) is 14.4. The smallest absolute Gasteiger partial charge is 0.243 e. The monoisotopic (exact) mass is 399 g/mol. The molecule has 0 spiro atoms. The molecule has 152 valence electrons. The number of rotatable bonds is 10. The molecule has 0 aromatic heterocycles. The van der Waals surface area contributed by atoms with Crippen molar-refractivity contribution in [2.45, 2.75) is 17.7 Å². The molecule has 27 heavy (non-hydrogen) atoms. The largest absolute Gasteiger partial charge is 0.497 e. The Morgan fingerprint density at radius 3 is 2.41 bits per heavy atom. The Morgan fingerprint density at radius 2 is 1.81 bits per heavy atom. The highest BCUT2D eigenvalue weighted by Crippen LogP contribution is 2.20. The van der Waals surface area contributed by atoms with Crippen LogP contribution in [0.1, 0.15) is 12.8 Å². The maximum absolute atomic E-state index is 13.0. The van der Waals surface area contributed by atoms with E-state index in [1.807, 2.05) is 0 Å². The van der Waals surface area contributed by atoms with E-state index >= 15 is 0 Å². The number of piperazine rings is 1. The van der Waals surface area contributed by atoms with E-state index in [-0.39, 0.29) is 23.8 Å². The van der Waals surface area contributed by atoms with Crippen LogP contribution in [-0.4, -0.2) is 83.6 Å². The first-order valence-corrected chi connectivity index (χ1v) is 10.5. The van der Waals surface area contributed by atoms with E-state index in [2.05, 4.69) is 5.32 Å². The minimum absolute atomic E-state index is 0.0156. The molecule has 8 nitrogen and oxygen atoms in total. The number of carbonyl (C=O) groups excluding carboxylic acids is 1. The minimum atomic E-state index is -3.69. The van der Waals surface area contributed by atoms with E-state index in [9.17, 15) is 13.2 Å².